The van der Waals surface area contributed by atoms with E-state index in [1.54, 1.807) is 11.3 Å². The molecule has 0 aromatic carbocycles. The van der Waals surface area contributed by atoms with Crippen LogP contribution in [0.25, 0.3) is 0 Å². The molecule has 1 amide bonds. The molecule has 3 nitrogen and oxygen atoms in total. The maximum absolute atomic E-state index is 12.5. The van der Waals surface area contributed by atoms with Gasteiger partial charge in [0, 0.05) is 31.2 Å². The van der Waals surface area contributed by atoms with Gasteiger partial charge in [0.25, 0.3) is 5.91 Å². The van der Waals surface area contributed by atoms with E-state index in [1.165, 1.54) is 12.8 Å². The summed E-state index contributed by atoms with van der Waals surface area (Å²) in [5, 5.41) is 1.99. The zero-order valence-corrected chi connectivity index (χ0v) is 11.8. The fourth-order valence-corrected chi connectivity index (χ4v) is 3.88. The molecule has 2 saturated heterocycles. The molecule has 2 aliphatic rings. The maximum atomic E-state index is 12.5. The molecule has 0 spiro atoms. The lowest BCUT2D eigenvalue weighted by Gasteiger charge is -2.42. The summed E-state index contributed by atoms with van der Waals surface area (Å²) in [5.74, 6) is 0.251. The van der Waals surface area contributed by atoms with Gasteiger partial charge in [-0.1, -0.05) is 6.07 Å². The van der Waals surface area contributed by atoms with E-state index in [9.17, 15) is 4.79 Å². The minimum Gasteiger partial charge on any atom is -0.329 e. The smallest absolute Gasteiger partial charge is 0.264 e. The van der Waals surface area contributed by atoms with Gasteiger partial charge >= 0.3 is 0 Å². The zero-order valence-electron chi connectivity index (χ0n) is 11.0. The van der Waals surface area contributed by atoms with E-state index in [0.29, 0.717) is 18.1 Å². The Balaban J connectivity index is 1.78. The molecular weight excluding hydrogens is 244 g/mol. The number of carbonyl (C=O) groups excluding carboxylic acids is 1. The SMILES string of the molecule is CC(C)N1CC2CCC(C1)N2C(=O)c1cccs1. The Morgan fingerprint density at radius 1 is 1.33 bits per heavy atom. The number of hydrogen-bond donors (Lipinski definition) is 0. The minimum absolute atomic E-state index is 0.251. The second-order valence-corrected chi connectivity index (χ2v) is 6.57. The molecule has 2 fully saturated rings. The standard InChI is InChI=1S/C14H20N2OS/c1-10(2)15-8-11-5-6-12(9-15)16(11)14(17)13-4-3-7-18-13/h3-4,7,10-12H,5-6,8-9H2,1-2H3. The number of rotatable bonds is 2. The molecule has 0 radical (unpaired) electrons. The molecule has 18 heavy (non-hydrogen) atoms. The summed E-state index contributed by atoms with van der Waals surface area (Å²) in [5.41, 5.74) is 0. The van der Waals surface area contributed by atoms with Crippen molar-refractivity contribution < 1.29 is 4.79 Å². The van der Waals surface area contributed by atoms with Gasteiger partial charge in [-0.15, -0.1) is 11.3 Å². The van der Waals surface area contributed by atoms with Crippen molar-refractivity contribution in [2.75, 3.05) is 13.1 Å². The first-order valence-electron chi connectivity index (χ1n) is 6.77. The van der Waals surface area contributed by atoms with Gasteiger partial charge in [-0.25, -0.2) is 0 Å². The summed E-state index contributed by atoms with van der Waals surface area (Å²) >= 11 is 1.56. The third-order valence-electron chi connectivity index (χ3n) is 4.21. The first kappa shape index (κ1) is 12.2. The second kappa shape index (κ2) is 4.67. The molecule has 2 unspecified atom stereocenters. The fourth-order valence-electron chi connectivity index (χ4n) is 3.22. The predicted octanol–water partition coefficient (Wildman–Crippen LogP) is 2.45. The van der Waals surface area contributed by atoms with Crippen LogP contribution in [0.1, 0.15) is 36.4 Å². The maximum Gasteiger partial charge on any atom is 0.264 e. The van der Waals surface area contributed by atoms with Gasteiger partial charge in [-0.3, -0.25) is 9.69 Å². The van der Waals surface area contributed by atoms with E-state index in [2.05, 4.69) is 23.6 Å². The van der Waals surface area contributed by atoms with E-state index in [1.807, 2.05) is 17.5 Å². The number of fused-ring (bicyclic) bond motifs is 2. The normalized spacial score (nSPS) is 28.1. The van der Waals surface area contributed by atoms with Crippen molar-refractivity contribution in [2.24, 2.45) is 0 Å². The molecule has 0 aliphatic carbocycles. The Morgan fingerprint density at radius 2 is 2.00 bits per heavy atom. The average Bonchev–Trinajstić information content (AvgIpc) is 2.95. The molecule has 98 valence electrons. The third kappa shape index (κ3) is 1.97. The van der Waals surface area contributed by atoms with Crippen molar-refractivity contribution in [3.05, 3.63) is 22.4 Å². The third-order valence-corrected chi connectivity index (χ3v) is 5.07. The van der Waals surface area contributed by atoms with Gasteiger partial charge < -0.3 is 4.90 Å². The monoisotopic (exact) mass is 264 g/mol. The Bertz CT molecular complexity index is 415. The quantitative estimate of drug-likeness (QED) is 0.819. The molecule has 3 heterocycles. The first-order valence-corrected chi connectivity index (χ1v) is 7.65. The summed E-state index contributed by atoms with van der Waals surface area (Å²) in [6.07, 6.45) is 2.34. The van der Waals surface area contributed by atoms with E-state index >= 15 is 0 Å². The predicted molar refractivity (Wildman–Crippen MR) is 74.0 cm³/mol. The van der Waals surface area contributed by atoms with E-state index in [4.69, 9.17) is 0 Å². The average molecular weight is 264 g/mol. The fraction of sp³-hybridized carbons (Fsp3) is 0.643. The van der Waals surface area contributed by atoms with Gasteiger partial charge in [0.05, 0.1) is 4.88 Å². The minimum atomic E-state index is 0.251. The van der Waals surface area contributed by atoms with Crippen LogP contribution in [0.15, 0.2) is 17.5 Å². The van der Waals surface area contributed by atoms with Gasteiger partial charge in [0.15, 0.2) is 0 Å². The number of amides is 1. The highest BCUT2D eigenvalue weighted by atomic mass is 32.1. The van der Waals surface area contributed by atoms with Crippen LogP contribution in [0, 0.1) is 0 Å². The van der Waals surface area contributed by atoms with Crippen LogP contribution in [-0.2, 0) is 0 Å². The number of likely N-dealkylation sites (tertiary alicyclic amines) is 1. The number of carbonyl (C=O) groups is 1. The highest BCUT2D eigenvalue weighted by molar-refractivity contribution is 7.12. The highest BCUT2D eigenvalue weighted by Gasteiger charge is 2.43. The van der Waals surface area contributed by atoms with Crippen molar-refractivity contribution in [3.63, 3.8) is 0 Å². The van der Waals surface area contributed by atoms with Crippen LogP contribution in [0.3, 0.4) is 0 Å². The number of thiophene rings is 1. The topological polar surface area (TPSA) is 23.6 Å². The van der Waals surface area contributed by atoms with E-state index in [-0.39, 0.29) is 5.91 Å². The lowest BCUT2D eigenvalue weighted by molar-refractivity contribution is 0.0354. The Hall–Kier alpha value is -0.870. The van der Waals surface area contributed by atoms with Crippen molar-refractivity contribution in [2.45, 2.75) is 44.8 Å². The van der Waals surface area contributed by atoms with Crippen LogP contribution in [0.5, 0.6) is 0 Å². The van der Waals surface area contributed by atoms with Crippen LogP contribution in [0.2, 0.25) is 0 Å². The number of hydrogen-bond acceptors (Lipinski definition) is 3. The summed E-state index contributed by atoms with van der Waals surface area (Å²) in [4.78, 5) is 18.1. The van der Waals surface area contributed by atoms with Crippen LogP contribution in [-0.4, -0.2) is 46.9 Å². The summed E-state index contributed by atoms with van der Waals surface area (Å²) in [6, 6.07) is 5.36. The molecular formula is C14H20N2OS. The molecule has 2 bridgehead atoms. The molecule has 0 N–H and O–H groups in total. The highest BCUT2D eigenvalue weighted by Crippen LogP contribution is 2.32. The molecule has 1 aromatic rings. The second-order valence-electron chi connectivity index (χ2n) is 5.62. The van der Waals surface area contributed by atoms with Gasteiger partial charge in [-0.2, -0.15) is 0 Å². The van der Waals surface area contributed by atoms with Gasteiger partial charge in [0.2, 0.25) is 0 Å². The number of nitrogens with zero attached hydrogens (tertiary/aromatic N) is 2. The van der Waals surface area contributed by atoms with Crippen molar-refractivity contribution in [1.29, 1.82) is 0 Å². The Kier molecular flexibility index (Phi) is 3.16. The molecule has 0 saturated carbocycles. The first-order chi connectivity index (χ1) is 8.66. The molecule has 2 aliphatic heterocycles. The van der Waals surface area contributed by atoms with Crippen LogP contribution in [0.4, 0.5) is 0 Å². The van der Waals surface area contributed by atoms with Gasteiger partial charge in [-0.05, 0) is 38.1 Å². The zero-order chi connectivity index (χ0) is 12.7. The summed E-state index contributed by atoms with van der Waals surface area (Å²) in [7, 11) is 0. The Labute approximate surface area is 112 Å². The summed E-state index contributed by atoms with van der Waals surface area (Å²) in [6.45, 7) is 6.59. The van der Waals surface area contributed by atoms with Crippen LogP contribution >= 0.6 is 11.3 Å². The summed E-state index contributed by atoms with van der Waals surface area (Å²) < 4.78 is 0. The molecule has 3 rings (SSSR count). The van der Waals surface area contributed by atoms with Crippen molar-refractivity contribution in [3.8, 4) is 0 Å². The number of piperazine rings is 1. The lowest BCUT2D eigenvalue weighted by atomic mass is 10.1. The lowest BCUT2D eigenvalue weighted by Crippen LogP contribution is -2.57. The molecule has 4 heteroatoms. The van der Waals surface area contributed by atoms with Gasteiger partial charge in [0.1, 0.15) is 0 Å². The van der Waals surface area contributed by atoms with E-state index < -0.39 is 0 Å². The largest absolute Gasteiger partial charge is 0.329 e. The van der Waals surface area contributed by atoms with Crippen LogP contribution < -0.4 is 0 Å². The Morgan fingerprint density at radius 3 is 2.50 bits per heavy atom. The van der Waals surface area contributed by atoms with Crippen molar-refractivity contribution in [1.82, 2.24) is 9.80 Å². The molecule has 2 atom stereocenters. The van der Waals surface area contributed by atoms with E-state index in [0.717, 1.165) is 18.0 Å². The molecule has 1 aromatic heterocycles. The van der Waals surface area contributed by atoms with Crippen molar-refractivity contribution >= 4 is 17.2 Å².